The molecule has 7 nitrogen and oxygen atoms in total. The van der Waals surface area contributed by atoms with Gasteiger partial charge in [-0.2, -0.15) is 0 Å². The molecule has 0 aromatic heterocycles. The van der Waals surface area contributed by atoms with Crippen LogP contribution < -0.4 is 5.43 Å². The Hall–Kier alpha value is -2.90. The number of Topliss-reactive ketones (excluding diaryl/α,β-unsaturated/α-hetero) is 1. The number of carbonyl (C=O) groups excluding carboxylic acids is 4. The minimum Gasteiger partial charge on any atom is -0.457 e. The topological polar surface area (TPSA) is 92.8 Å². The predicted molar refractivity (Wildman–Crippen MR) is 110 cm³/mol. The summed E-state index contributed by atoms with van der Waals surface area (Å²) >= 11 is 11.8. The van der Waals surface area contributed by atoms with Gasteiger partial charge in [-0.25, -0.2) is 0 Å². The molecule has 2 aromatic rings. The Labute approximate surface area is 182 Å². The molecule has 1 saturated heterocycles. The fraction of sp³-hybridized carbons (Fsp3) is 0.238. The van der Waals surface area contributed by atoms with E-state index in [9.17, 15) is 19.2 Å². The van der Waals surface area contributed by atoms with Crippen LogP contribution in [0.1, 0.15) is 32.7 Å². The Kier molecular flexibility index (Phi) is 6.74. The molecule has 0 aliphatic carbocycles. The van der Waals surface area contributed by atoms with Gasteiger partial charge in [0.25, 0.3) is 5.91 Å². The number of rotatable bonds is 6. The van der Waals surface area contributed by atoms with E-state index in [1.54, 1.807) is 24.3 Å². The molecule has 3 rings (SSSR count). The molecule has 0 bridgehead atoms. The zero-order valence-corrected chi connectivity index (χ0v) is 17.5. The molecule has 1 N–H and O–H groups in total. The molecular formula is C21H18Cl2N2O5. The van der Waals surface area contributed by atoms with Crippen molar-refractivity contribution in [3.63, 3.8) is 0 Å². The Balaban J connectivity index is 1.53. The standard InChI is InChI=1S/C21H18Cl2N2O5/c1-12-2-4-13(5-3-12)20(28)24-25-10-14(8-19(25)27)21(29)30-11-18(26)16-7-6-15(22)9-17(16)23/h2-7,9,14H,8,10-11H2,1H3,(H,24,28)/t14-/m0/s1. The number of ketones is 1. The number of aryl methyl sites for hydroxylation is 1. The lowest BCUT2D eigenvalue weighted by Crippen LogP contribution is -2.43. The summed E-state index contributed by atoms with van der Waals surface area (Å²) in [6.45, 7) is 1.35. The highest BCUT2D eigenvalue weighted by Gasteiger charge is 2.36. The van der Waals surface area contributed by atoms with Crippen LogP contribution in [0.25, 0.3) is 0 Å². The third-order valence-corrected chi connectivity index (χ3v) is 5.13. The van der Waals surface area contributed by atoms with Gasteiger partial charge in [0.1, 0.15) is 0 Å². The number of hydrogen-bond acceptors (Lipinski definition) is 5. The summed E-state index contributed by atoms with van der Waals surface area (Å²) in [7, 11) is 0. The van der Waals surface area contributed by atoms with E-state index in [0.29, 0.717) is 10.6 Å². The summed E-state index contributed by atoms with van der Waals surface area (Å²) in [5.74, 6) is -2.84. The van der Waals surface area contributed by atoms with Crippen molar-refractivity contribution in [2.24, 2.45) is 5.92 Å². The van der Waals surface area contributed by atoms with Crippen LogP contribution in [0.2, 0.25) is 10.0 Å². The van der Waals surface area contributed by atoms with Crippen LogP contribution in [0.4, 0.5) is 0 Å². The first-order valence-corrected chi connectivity index (χ1v) is 9.83. The molecule has 0 radical (unpaired) electrons. The molecule has 2 amide bonds. The Morgan fingerprint density at radius 2 is 1.83 bits per heavy atom. The van der Waals surface area contributed by atoms with Crippen molar-refractivity contribution < 1.29 is 23.9 Å². The van der Waals surface area contributed by atoms with E-state index in [0.717, 1.165) is 10.6 Å². The molecule has 1 aliphatic heterocycles. The first-order chi connectivity index (χ1) is 14.2. The van der Waals surface area contributed by atoms with Crippen molar-refractivity contribution in [2.45, 2.75) is 13.3 Å². The first-order valence-electron chi connectivity index (χ1n) is 9.07. The van der Waals surface area contributed by atoms with Gasteiger partial charge in [-0.3, -0.25) is 29.6 Å². The van der Waals surface area contributed by atoms with E-state index in [-0.39, 0.29) is 23.6 Å². The van der Waals surface area contributed by atoms with E-state index in [2.05, 4.69) is 5.43 Å². The average Bonchev–Trinajstić information content (AvgIpc) is 3.06. The predicted octanol–water partition coefficient (Wildman–Crippen LogP) is 3.22. The number of benzene rings is 2. The second-order valence-corrected chi connectivity index (χ2v) is 7.71. The summed E-state index contributed by atoms with van der Waals surface area (Å²) in [4.78, 5) is 48.9. The normalized spacial score (nSPS) is 15.8. The van der Waals surface area contributed by atoms with Crippen LogP contribution in [0.5, 0.6) is 0 Å². The highest BCUT2D eigenvalue weighted by molar-refractivity contribution is 6.36. The lowest BCUT2D eigenvalue weighted by atomic mass is 10.1. The molecular weight excluding hydrogens is 431 g/mol. The number of nitrogens with one attached hydrogen (secondary N) is 1. The third-order valence-electron chi connectivity index (χ3n) is 4.59. The third kappa shape index (κ3) is 5.17. The molecule has 2 aromatic carbocycles. The number of nitrogens with zero attached hydrogens (tertiary/aromatic N) is 1. The quantitative estimate of drug-likeness (QED) is 0.540. The number of amides is 2. The lowest BCUT2D eigenvalue weighted by Gasteiger charge is -2.17. The molecule has 156 valence electrons. The van der Waals surface area contributed by atoms with Crippen LogP contribution in [0.15, 0.2) is 42.5 Å². The smallest absolute Gasteiger partial charge is 0.311 e. The van der Waals surface area contributed by atoms with Crippen molar-refractivity contribution in [1.82, 2.24) is 10.4 Å². The molecule has 1 aliphatic rings. The lowest BCUT2D eigenvalue weighted by molar-refractivity contribution is -0.147. The van der Waals surface area contributed by atoms with Gasteiger partial charge in [0, 0.05) is 22.6 Å². The number of halogens is 2. The van der Waals surface area contributed by atoms with E-state index < -0.39 is 36.1 Å². The Morgan fingerprint density at radius 1 is 1.13 bits per heavy atom. The monoisotopic (exact) mass is 448 g/mol. The largest absolute Gasteiger partial charge is 0.457 e. The number of esters is 1. The number of ether oxygens (including phenoxy) is 1. The zero-order chi connectivity index (χ0) is 21.8. The van der Waals surface area contributed by atoms with E-state index in [1.807, 2.05) is 6.92 Å². The highest BCUT2D eigenvalue weighted by Crippen LogP contribution is 2.22. The number of carbonyl (C=O) groups is 4. The second kappa shape index (κ2) is 9.28. The SMILES string of the molecule is Cc1ccc(C(=O)NN2C[C@@H](C(=O)OCC(=O)c3ccc(Cl)cc3Cl)CC2=O)cc1. The maximum absolute atomic E-state index is 12.3. The summed E-state index contributed by atoms with van der Waals surface area (Å²) < 4.78 is 5.06. The van der Waals surface area contributed by atoms with E-state index in [1.165, 1.54) is 18.2 Å². The highest BCUT2D eigenvalue weighted by atomic mass is 35.5. The fourth-order valence-electron chi connectivity index (χ4n) is 2.91. The number of hydrogen-bond donors (Lipinski definition) is 1. The van der Waals surface area contributed by atoms with Gasteiger partial charge in [0.2, 0.25) is 11.7 Å². The van der Waals surface area contributed by atoms with Crippen molar-refractivity contribution in [1.29, 1.82) is 0 Å². The molecule has 0 unspecified atom stereocenters. The minimum absolute atomic E-state index is 0.0365. The second-order valence-electron chi connectivity index (χ2n) is 6.87. The minimum atomic E-state index is -0.788. The van der Waals surface area contributed by atoms with Gasteiger partial charge >= 0.3 is 5.97 Å². The molecule has 0 spiro atoms. The van der Waals surface area contributed by atoms with Gasteiger partial charge in [-0.1, -0.05) is 40.9 Å². The molecule has 1 fully saturated rings. The summed E-state index contributed by atoms with van der Waals surface area (Å²) in [6, 6.07) is 11.2. The van der Waals surface area contributed by atoms with Crippen LogP contribution >= 0.6 is 23.2 Å². The van der Waals surface area contributed by atoms with Gasteiger partial charge in [-0.15, -0.1) is 0 Å². The van der Waals surface area contributed by atoms with Crippen LogP contribution in [0.3, 0.4) is 0 Å². The van der Waals surface area contributed by atoms with Crippen molar-refractivity contribution in [3.05, 3.63) is 69.2 Å². The molecule has 9 heteroatoms. The zero-order valence-electron chi connectivity index (χ0n) is 16.0. The number of hydrazine groups is 1. The average molecular weight is 449 g/mol. The molecule has 30 heavy (non-hydrogen) atoms. The van der Waals surface area contributed by atoms with Crippen molar-refractivity contribution >= 4 is 46.8 Å². The maximum Gasteiger partial charge on any atom is 0.311 e. The van der Waals surface area contributed by atoms with E-state index in [4.69, 9.17) is 27.9 Å². The van der Waals surface area contributed by atoms with Crippen molar-refractivity contribution in [3.8, 4) is 0 Å². The fourth-order valence-corrected chi connectivity index (χ4v) is 3.43. The van der Waals surface area contributed by atoms with E-state index >= 15 is 0 Å². The Bertz CT molecular complexity index is 1010. The summed E-state index contributed by atoms with van der Waals surface area (Å²) in [5.41, 5.74) is 4.07. The van der Waals surface area contributed by atoms with Crippen LogP contribution in [0, 0.1) is 12.8 Å². The first kappa shape index (κ1) is 21.8. The summed E-state index contributed by atoms with van der Waals surface area (Å²) in [6.07, 6.45) is -0.122. The molecule has 1 atom stereocenters. The molecule has 0 saturated carbocycles. The van der Waals surface area contributed by atoms with Crippen LogP contribution in [-0.4, -0.2) is 41.7 Å². The van der Waals surface area contributed by atoms with Crippen molar-refractivity contribution in [2.75, 3.05) is 13.2 Å². The molecule has 1 heterocycles. The van der Waals surface area contributed by atoms with Gasteiger partial charge in [0.15, 0.2) is 6.61 Å². The Morgan fingerprint density at radius 3 is 2.50 bits per heavy atom. The van der Waals surface area contributed by atoms with Crippen LogP contribution in [-0.2, 0) is 14.3 Å². The maximum atomic E-state index is 12.3. The van der Waals surface area contributed by atoms with Gasteiger partial charge in [-0.05, 0) is 37.3 Å². The van der Waals surface area contributed by atoms with Gasteiger partial charge in [0.05, 0.1) is 17.5 Å². The van der Waals surface area contributed by atoms with Gasteiger partial charge < -0.3 is 4.74 Å². The summed E-state index contributed by atoms with van der Waals surface area (Å²) in [5, 5.41) is 1.63.